The van der Waals surface area contributed by atoms with Gasteiger partial charge < -0.3 is 11.1 Å². The van der Waals surface area contributed by atoms with Gasteiger partial charge in [0.05, 0.1) is 16.6 Å². The Bertz CT molecular complexity index is 805. The molecule has 1 aromatic heterocycles. The van der Waals surface area contributed by atoms with Crippen LogP contribution in [0.3, 0.4) is 0 Å². The quantitative estimate of drug-likeness (QED) is 0.812. The molecule has 2 heterocycles. The van der Waals surface area contributed by atoms with E-state index in [9.17, 15) is 9.59 Å². The summed E-state index contributed by atoms with van der Waals surface area (Å²) in [5.74, 6) is -0.381. The molecule has 7 nitrogen and oxygen atoms in total. The minimum atomic E-state index is -0.986. The van der Waals surface area contributed by atoms with Crippen LogP contribution >= 0.6 is 23.1 Å². The number of aromatic nitrogens is 2. The van der Waals surface area contributed by atoms with E-state index in [1.165, 1.54) is 23.1 Å². The zero-order valence-electron chi connectivity index (χ0n) is 13.4. The number of para-hydroxylation sites is 2. The lowest BCUT2D eigenvalue weighted by atomic mass is 9.96. The number of amides is 2. The molecule has 9 heteroatoms. The molecule has 0 aliphatic carbocycles. The number of rotatable bonds is 3. The van der Waals surface area contributed by atoms with Gasteiger partial charge in [-0.1, -0.05) is 35.2 Å². The lowest BCUT2D eigenvalue weighted by molar-refractivity contribution is -0.126. The number of fused-ring (bicyclic) bond motifs is 1. The summed E-state index contributed by atoms with van der Waals surface area (Å²) >= 11 is 2.52. The van der Waals surface area contributed by atoms with Gasteiger partial charge in [-0.25, -0.2) is 0 Å². The molecule has 3 rings (SSSR count). The lowest BCUT2D eigenvalue weighted by Crippen LogP contribution is -2.60. The summed E-state index contributed by atoms with van der Waals surface area (Å²) in [6.07, 6.45) is 0. The molecule has 3 N–H and O–H groups in total. The number of carbonyl (C=O) groups excluding carboxylic acids is 2. The number of nitrogens with zero attached hydrogens (tertiary/aromatic N) is 3. The molecule has 1 aliphatic rings. The Kier molecular flexibility index (Phi) is 4.22. The Morgan fingerprint density at radius 3 is 2.75 bits per heavy atom. The third-order valence-corrected chi connectivity index (χ3v) is 5.70. The predicted molar refractivity (Wildman–Crippen MR) is 96.3 cm³/mol. The number of nitrogens with two attached hydrogens (primary N) is 1. The van der Waals surface area contributed by atoms with E-state index in [1.54, 1.807) is 31.7 Å². The minimum Gasteiger partial charge on any atom is -0.374 e. The number of hydrogen-bond acceptors (Lipinski definition) is 7. The highest BCUT2D eigenvalue weighted by Crippen LogP contribution is 2.39. The monoisotopic (exact) mass is 363 g/mol. The molecular weight excluding hydrogens is 346 g/mol. The van der Waals surface area contributed by atoms with Crippen LogP contribution in [-0.4, -0.2) is 32.8 Å². The van der Waals surface area contributed by atoms with E-state index in [2.05, 4.69) is 15.5 Å². The highest BCUT2D eigenvalue weighted by Gasteiger charge is 2.44. The molecule has 0 saturated carbocycles. The first kappa shape index (κ1) is 16.7. The van der Waals surface area contributed by atoms with Crippen molar-refractivity contribution >= 4 is 51.4 Å². The zero-order valence-corrected chi connectivity index (χ0v) is 15.1. The fourth-order valence-corrected chi connectivity index (χ4v) is 4.32. The second kappa shape index (κ2) is 6.06. The average Bonchev–Trinajstić information content (AvgIpc) is 2.93. The van der Waals surface area contributed by atoms with Gasteiger partial charge in [-0.2, -0.15) is 0 Å². The summed E-state index contributed by atoms with van der Waals surface area (Å²) in [5, 5.41) is 10.5. The van der Waals surface area contributed by atoms with Gasteiger partial charge in [0.1, 0.15) is 5.54 Å². The predicted octanol–water partition coefficient (Wildman–Crippen LogP) is 2.36. The van der Waals surface area contributed by atoms with Crippen molar-refractivity contribution in [2.45, 2.75) is 35.9 Å². The molecule has 1 unspecified atom stereocenters. The average molecular weight is 363 g/mol. The first-order valence-electron chi connectivity index (χ1n) is 7.31. The number of benzene rings is 1. The van der Waals surface area contributed by atoms with Crippen LogP contribution < -0.4 is 16.0 Å². The maximum Gasteiger partial charge on any atom is 0.250 e. The van der Waals surface area contributed by atoms with Crippen molar-refractivity contribution in [2.24, 2.45) is 0 Å². The molecule has 126 valence electrons. The third-order valence-electron chi connectivity index (χ3n) is 3.78. The van der Waals surface area contributed by atoms with E-state index in [4.69, 9.17) is 5.73 Å². The van der Waals surface area contributed by atoms with E-state index in [0.29, 0.717) is 20.8 Å². The second-order valence-electron chi connectivity index (χ2n) is 5.87. The number of thioether (sulfide) groups is 1. The van der Waals surface area contributed by atoms with E-state index < -0.39 is 10.8 Å². The summed E-state index contributed by atoms with van der Waals surface area (Å²) in [5.41, 5.74) is 5.92. The summed E-state index contributed by atoms with van der Waals surface area (Å²) in [7, 11) is 0. The number of nitrogen functional groups attached to an aromatic ring is 1. The number of hydrogen-bond donors (Lipinski definition) is 2. The topological polar surface area (TPSA) is 101 Å². The first-order chi connectivity index (χ1) is 11.3. The van der Waals surface area contributed by atoms with E-state index in [-0.39, 0.29) is 11.8 Å². The summed E-state index contributed by atoms with van der Waals surface area (Å²) in [6.45, 7) is 5.25. The number of carbonyl (C=O) groups is 2. The molecule has 2 aromatic rings. The van der Waals surface area contributed by atoms with Crippen molar-refractivity contribution < 1.29 is 9.59 Å². The second-order valence-corrected chi connectivity index (χ2v) is 8.47. The lowest BCUT2D eigenvalue weighted by Gasteiger charge is -2.42. The van der Waals surface area contributed by atoms with Crippen molar-refractivity contribution in [3.8, 4) is 0 Å². The molecule has 0 radical (unpaired) electrons. The van der Waals surface area contributed by atoms with Gasteiger partial charge in [0.25, 0.3) is 0 Å². The maximum atomic E-state index is 13.1. The van der Waals surface area contributed by atoms with Gasteiger partial charge in [-0.15, -0.1) is 10.2 Å². The van der Waals surface area contributed by atoms with Gasteiger partial charge in [0, 0.05) is 0 Å². The molecular formula is C15H17N5O2S2. The Hall–Kier alpha value is -2.13. The summed E-state index contributed by atoms with van der Waals surface area (Å²) < 4.78 is 0.626. The van der Waals surface area contributed by atoms with Crippen LogP contribution in [0, 0.1) is 0 Å². The Morgan fingerprint density at radius 1 is 1.38 bits per heavy atom. The fraction of sp³-hybridized carbons (Fsp3) is 0.333. The molecule has 1 aliphatic heterocycles. The third kappa shape index (κ3) is 2.84. The summed E-state index contributed by atoms with van der Waals surface area (Å²) in [4.78, 5) is 27.1. The van der Waals surface area contributed by atoms with Crippen molar-refractivity contribution in [3.05, 3.63) is 24.3 Å². The molecule has 24 heavy (non-hydrogen) atoms. The standard InChI is InChI=1S/C15H17N5O2S2/c1-8(23-14-19-18-13(16)24-14)11(21)20-10-7-5-4-6-9(10)17-12(22)15(20,2)3/h4-8H,1-3H3,(H2,16,18)(H,17,22). The maximum absolute atomic E-state index is 13.1. The van der Waals surface area contributed by atoms with Crippen molar-refractivity contribution in [3.63, 3.8) is 0 Å². The normalized spacial score (nSPS) is 17.1. The smallest absolute Gasteiger partial charge is 0.250 e. The minimum absolute atomic E-state index is 0.166. The van der Waals surface area contributed by atoms with E-state index in [0.717, 1.165) is 0 Å². The molecule has 1 aromatic carbocycles. The molecule has 0 bridgehead atoms. The van der Waals surface area contributed by atoms with Crippen LogP contribution in [0.4, 0.5) is 16.5 Å². The van der Waals surface area contributed by atoms with Gasteiger partial charge in [-0.3, -0.25) is 14.5 Å². The fourth-order valence-electron chi connectivity index (χ4n) is 2.50. The van der Waals surface area contributed by atoms with Crippen molar-refractivity contribution in [2.75, 3.05) is 16.0 Å². The zero-order chi connectivity index (χ0) is 17.5. The van der Waals surface area contributed by atoms with Gasteiger partial charge in [0.15, 0.2) is 4.34 Å². The summed E-state index contributed by atoms with van der Waals surface area (Å²) in [6, 6.07) is 7.28. The highest BCUT2D eigenvalue weighted by molar-refractivity contribution is 8.02. The Balaban J connectivity index is 1.93. The SMILES string of the molecule is CC(Sc1nnc(N)s1)C(=O)N1c2ccccc2NC(=O)C1(C)C. The van der Waals surface area contributed by atoms with Gasteiger partial charge >= 0.3 is 0 Å². The van der Waals surface area contributed by atoms with Crippen LogP contribution in [0.2, 0.25) is 0 Å². The highest BCUT2D eigenvalue weighted by atomic mass is 32.2. The van der Waals surface area contributed by atoms with E-state index in [1.807, 2.05) is 18.2 Å². The Morgan fingerprint density at radius 2 is 2.08 bits per heavy atom. The molecule has 1 atom stereocenters. The first-order valence-corrected chi connectivity index (χ1v) is 9.00. The van der Waals surface area contributed by atoms with Crippen molar-refractivity contribution in [1.82, 2.24) is 10.2 Å². The number of nitrogens with one attached hydrogen (secondary N) is 1. The van der Waals surface area contributed by atoms with Crippen LogP contribution in [0.25, 0.3) is 0 Å². The molecule has 0 spiro atoms. The van der Waals surface area contributed by atoms with Gasteiger partial charge in [0.2, 0.25) is 16.9 Å². The van der Waals surface area contributed by atoms with Crippen LogP contribution in [0.15, 0.2) is 28.6 Å². The van der Waals surface area contributed by atoms with Crippen molar-refractivity contribution in [1.29, 1.82) is 0 Å². The molecule has 2 amide bonds. The van der Waals surface area contributed by atoms with Crippen LogP contribution in [0.1, 0.15) is 20.8 Å². The number of anilines is 3. The Labute approximate surface area is 147 Å². The molecule has 0 saturated heterocycles. The molecule has 0 fully saturated rings. The van der Waals surface area contributed by atoms with Crippen LogP contribution in [-0.2, 0) is 9.59 Å². The largest absolute Gasteiger partial charge is 0.374 e. The van der Waals surface area contributed by atoms with Crippen LogP contribution in [0.5, 0.6) is 0 Å². The van der Waals surface area contributed by atoms with E-state index >= 15 is 0 Å². The van der Waals surface area contributed by atoms with Gasteiger partial charge in [-0.05, 0) is 32.9 Å².